The van der Waals surface area contributed by atoms with Crippen LogP contribution in [0.3, 0.4) is 0 Å². The molecule has 0 aliphatic rings. The monoisotopic (exact) mass is 336 g/mol. The maximum absolute atomic E-state index is 11.9. The van der Waals surface area contributed by atoms with Crippen molar-refractivity contribution in [3.63, 3.8) is 0 Å². The Morgan fingerprint density at radius 3 is 2.70 bits per heavy atom. The number of aromatic hydroxyl groups is 1. The molecule has 8 heteroatoms. The Labute approximate surface area is 138 Å². The SMILES string of the molecule is COC(=O)C(CNc1cc(Cl)nc(N)n1)Cc1ccc(O)cc1. The second kappa shape index (κ2) is 7.64. The van der Waals surface area contributed by atoms with Crippen LogP contribution in [0.5, 0.6) is 5.75 Å². The molecule has 23 heavy (non-hydrogen) atoms. The number of carbonyl (C=O) groups is 1. The fraction of sp³-hybridized carbons (Fsp3) is 0.267. The predicted octanol–water partition coefficient (Wildman–Crippen LogP) is 1.86. The van der Waals surface area contributed by atoms with Crippen molar-refractivity contribution >= 4 is 29.3 Å². The fourth-order valence-corrected chi connectivity index (χ4v) is 2.27. The lowest BCUT2D eigenvalue weighted by atomic mass is 9.99. The molecular weight excluding hydrogens is 320 g/mol. The van der Waals surface area contributed by atoms with Gasteiger partial charge in [0.05, 0.1) is 13.0 Å². The number of anilines is 2. The van der Waals surface area contributed by atoms with Crippen LogP contribution >= 0.6 is 11.6 Å². The van der Waals surface area contributed by atoms with Gasteiger partial charge in [-0.1, -0.05) is 23.7 Å². The summed E-state index contributed by atoms with van der Waals surface area (Å²) in [7, 11) is 1.34. The van der Waals surface area contributed by atoms with E-state index in [0.29, 0.717) is 18.8 Å². The highest BCUT2D eigenvalue weighted by atomic mass is 35.5. The number of benzene rings is 1. The summed E-state index contributed by atoms with van der Waals surface area (Å²) in [6.45, 7) is 0.292. The summed E-state index contributed by atoms with van der Waals surface area (Å²) in [4.78, 5) is 19.7. The minimum Gasteiger partial charge on any atom is -0.508 e. The van der Waals surface area contributed by atoms with Crippen LogP contribution in [-0.2, 0) is 16.0 Å². The Bertz CT molecular complexity index is 659. The van der Waals surface area contributed by atoms with E-state index in [4.69, 9.17) is 22.1 Å². The fourth-order valence-electron chi connectivity index (χ4n) is 2.08. The van der Waals surface area contributed by atoms with Crippen molar-refractivity contribution in [2.24, 2.45) is 5.92 Å². The van der Waals surface area contributed by atoms with Gasteiger partial charge in [-0.25, -0.2) is 4.98 Å². The minimum atomic E-state index is -0.431. The van der Waals surface area contributed by atoms with Gasteiger partial charge in [-0.3, -0.25) is 4.79 Å². The maximum Gasteiger partial charge on any atom is 0.310 e. The van der Waals surface area contributed by atoms with Gasteiger partial charge in [0, 0.05) is 12.6 Å². The zero-order chi connectivity index (χ0) is 16.8. The number of nitrogens with one attached hydrogen (secondary N) is 1. The van der Waals surface area contributed by atoms with Crippen molar-refractivity contribution in [1.82, 2.24) is 9.97 Å². The van der Waals surface area contributed by atoms with E-state index in [-0.39, 0.29) is 22.8 Å². The normalized spacial score (nSPS) is 11.7. The molecule has 0 aliphatic heterocycles. The van der Waals surface area contributed by atoms with E-state index in [1.807, 2.05) is 0 Å². The van der Waals surface area contributed by atoms with Crippen LogP contribution in [0.25, 0.3) is 0 Å². The minimum absolute atomic E-state index is 0.0492. The Kier molecular flexibility index (Phi) is 5.59. The average molecular weight is 337 g/mol. The number of ether oxygens (including phenoxy) is 1. The van der Waals surface area contributed by atoms with Gasteiger partial charge in [-0.15, -0.1) is 0 Å². The van der Waals surface area contributed by atoms with Crippen molar-refractivity contribution in [3.8, 4) is 5.75 Å². The number of nitrogens with zero attached hydrogens (tertiary/aromatic N) is 2. The third kappa shape index (κ3) is 5.00. The number of methoxy groups -OCH3 is 1. The smallest absolute Gasteiger partial charge is 0.310 e. The number of nitrogens with two attached hydrogens (primary N) is 1. The molecule has 1 heterocycles. The highest BCUT2D eigenvalue weighted by molar-refractivity contribution is 6.29. The van der Waals surface area contributed by atoms with Gasteiger partial charge in [-0.2, -0.15) is 4.98 Å². The molecule has 0 bridgehead atoms. The number of phenolic OH excluding ortho intramolecular Hbond substituents is 1. The highest BCUT2D eigenvalue weighted by Gasteiger charge is 2.20. The quantitative estimate of drug-likeness (QED) is 0.545. The number of halogens is 1. The van der Waals surface area contributed by atoms with Gasteiger partial charge in [-0.05, 0) is 24.1 Å². The van der Waals surface area contributed by atoms with Crippen LogP contribution in [0, 0.1) is 5.92 Å². The van der Waals surface area contributed by atoms with Crippen molar-refractivity contribution in [1.29, 1.82) is 0 Å². The van der Waals surface area contributed by atoms with Gasteiger partial charge in [0.1, 0.15) is 16.7 Å². The van der Waals surface area contributed by atoms with E-state index < -0.39 is 5.92 Å². The van der Waals surface area contributed by atoms with Crippen molar-refractivity contribution in [3.05, 3.63) is 41.0 Å². The van der Waals surface area contributed by atoms with E-state index in [1.165, 1.54) is 13.2 Å². The van der Waals surface area contributed by atoms with Crippen LogP contribution in [0.4, 0.5) is 11.8 Å². The van der Waals surface area contributed by atoms with E-state index in [1.54, 1.807) is 24.3 Å². The Morgan fingerprint density at radius 2 is 2.09 bits per heavy atom. The molecule has 1 aromatic carbocycles. The molecule has 1 unspecified atom stereocenters. The molecular formula is C15H17ClN4O3. The van der Waals surface area contributed by atoms with E-state index >= 15 is 0 Å². The largest absolute Gasteiger partial charge is 0.508 e. The first-order chi connectivity index (χ1) is 11.0. The second-order valence-electron chi connectivity index (χ2n) is 4.91. The number of hydrogen-bond acceptors (Lipinski definition) is 7. The van der Waals surface area contributed by atoms with Gasteiger partial charge in [0.15, 0.2) is 0 Å². The lowest BCUT2D eigenvalue weighted by molar-refractivity contribution is -0.144. The molecule has 0 fully saturated rings. The molecule has 122 valence electrons. The third-order valence-corrected chi connectivity index (χ3v) is 3.39. The van der Waals surface area contributed by atoms with Crippen LogP contribution in [0.15, 0.2) is 30.3 Å². The van der Waals surface area contributed by atoms with Gasteiger partial charge >= 0.3 is 5.97 Å². The first-order valence-electron chi connectivity index (χ1n) is 6.87. The maximum atomic E-state index is 11.9. The Hall–Kier alpha value is -2.54. The van der Waals surface area contributed by atoms with E-state index in [9.17, 15) is 9.90 Å². The molecule has 0 aliphatic carbocycles. The average Bonchev–Trinajstić information content (AvgIpc) is 2.51. The number of nitrogen functional groups attached to an aromatic ring is 1. The second-order valence-corrected chi connectivity index (χ2v) is 5.29. The van der Waals surface area contributed by atoms with Gasteiger partial charge in [0.25, 0.3) is 0 Å². The van der Waals surface area contributed by atoms with Crippen molar-refractivity contribution in [2.45, 2.75) is 6.42 Å². The molecule has 0 radical (unpaired) electrons. The molecule has 7 nitrogen and oxygen atoms in total. The summed E-state index contributed by atoms with van der Waals surface area (Å²) in [5.41, 5.74) is 6.43. The molecule has 1 aromatic heterocycles. The molecule has 1 atom stereocenters. The lowest BCUT2D eigenvalue weighted by Crippen LogP contribution is -2.26. The van der Waals surface area contributed by atoms with Gasteiger partial charge < -0.3 is 20.9 Å². The topological polar surface area (TPSA) is 110 Å². The third-order valence-electron chi connectivity index (χ3n) is 3.19. The van der Waals surface area contributed by atoms with Crippen LogP contribution in [0.2, 0.25) is 5.15 Å². The number of rotatable bonds is 6. The van der Waals surface area contributed by atoms with Crippen LogP contribution in [0.1, 0.15) is 5.56 Å². The Balaban J connectivity index is 2.06. The Morgan fingerprint density at radius 1 is 1.39 bits per heavy atom. The zero-order valence-electron chi connectivity index (χ0n) is 12.5. The molecule has 0 amide bonds. The summed E-state index contributed by atoms with van der Waals surface area (Å²) < 4.78 is 4.83. The van der Waals surface area contributed by atoms with E-state index in [2.05, 4.69) is 15.3 Å². The van der Waals surface area contributed by atoms with Crippen molar-refractivity contribution in [2.75, 3.05) is 24.7 Å². The summed E-state index contributed by atoms with van der Waals surface area (Å²) in [5.74, 6) is -0.124. The molecule has 0 spiro atoms. The molecule has 0 saturated heterocycles. The molecule has 0 saturated carbocycles. The molecule has 2 aromatic rings. The summed E-state index contributed by atoms with van der Waals surface area (Å²) >= 11 is 5.81. The zero-order valence-corrected chi connectivity index (χ0v) is 13.2. The summed E-state index contributed by atoms with van der Waals surface area (Å²) in [6.07, 6.45) is 0.453. The molecule has 4 N–H and O–H groups in total. The van der Waals surface area contributed by atoms with Gasteiger partial charge in [0.2, 0.25) is 5.95 Å². The number of esters is 1. The first-order valence-corrected chi connectivity index (χ1v) is 7.25. The summed E-state index contributed by atoms with van der Waals surface area (Å²) in [5, 5.41) is 12.5. The van der Waals surface area contributed by atoms with Crippen LogP contribution in [-0.4, -0.2) is 34.7 Å². The standard InChI is InChI=1S/C15H17ClN4O3/c1-23-14(22)10(6-9-2-4-11(21)5-3-9)8-18-13-7-12(16)19-15(17)20-13/h2-5,7,10,21H,6,8H2,1H3,(H3,17,18,19,20). The number of aromatic nitrogens is 2. The number of phenols is 1. The predicted molar refractivity (Wildman–Crippen MR) is 87.3 cm³/mol. The lowest BCUT2D eigenvalue weighted by Gasteiger charge is -2.16. The number of hydrogen-bond donors (Lipinski definition) is 3. The number of carbonyl (C=O) groups excluding carboxylic acids is 1. The highest BCUT2D eigenvalue weighted by Crippen LogP contribution is 2.17. The van der Waals surface area contributed by atoms with E-state index in [0.717, 1.165) is 5.56 Å². The first kappa shape index (κ1) is 16.8. The summed E-state index contributed by atoms with van der Waals surface area (Å²) in [6, 6.07) is 8.17. The molecule has 2 rings (SSSR count). The van der Waals surface area contributed by atoms with Crippen molar-refractivity contribution < 1.29 is 14.6 Å². The van der Waals surface area contributed by atoms with Crippen LogP contribution < -0.4 is 11.1 Å².